The van der Waals surface area contributed by atoms with Gasteiger partial charge in [0.1, 0.15) is 6.10 Å². The van der Waals surface area contributed by atoms with Crippen molar-refractivity contribution >= 4 is 5.97 Å². The number of benzene rings is 1. The molecule has 1 aromatic rings. The van der Waals surface area contributed by atoms with Crippen molar-refractivity contribution in [3.63, 3.8) is 0 Å². The van der Waals surface area contributed by atoms with Gasteiger partial charge in [0, 0.05) is 0 Å². The molecule has 0 aliphatic carbocycles. The maximum Gasteiger partial charge on any atom is 0.338 e. The summed E-state index contributed by atoms with van der Waals surface area (Å²) in [6.07, 6.45) is -3.36. The topological polar surface area (TPSA) is 66.8 Å². The van der Waals surface area contributed by atoms with Gasteiger partial charge in [-0.3, -0.25) is 0 Å². The second kappa shape index (κ2) is 3.40. The molecule has 74 valence electrons. The maximum absolute atomic E-state index is 10.9. The normalized spacial score (nSPS) is 31.6. The van der Waals surface area contributed by atoms with Crippen LogP contribution in [-0.2, 0) is 9.53 Å². The standard InChI is InChI=1S/C10H10O4/c11-7-8(12)10(13)14-9(7)6-4-2-1-3-5-6/h1-5,7-9,11-12H/t7-,8+,9+/m0/s1. The first kappa shape index (κ1) is 9.18. The predicted octanol–water partition coefficient (Wildman–Crippen LogP) is 0.00630. The van der Waals surface area contributed by atoms with E-state index < -0.39 is 24.3 Å². The molecule has 1 aliphatic rings. The minimum absolute atomic E-state index is 0.685. The molecule has 1 aromatic carbocycles. The van der Waals surface area contributed by atoms with Crippen LogP contribution < -0.4 is 0 Å². The van der Waals surface area contributed by atoms with Crippen molar-refractivity contribution in [1.29, 1.82) is 0 Å². The van der Waals surface area contributed by atoms with Gasteiger partial charge in [-0.15, -0.1) is 0 Å². The molecule has 0 spiro atoms. The van der Waals surface area contributed by atoms with Crippen LogP contribution in [0, 0.1) is 0 Å². The molecule has 2 N–H and O–H groups in total. The first-order chi connectivity index (χ1) is 6.70. The number of carbonyl (C=O) groups is 1. The maximum atomic E-state index is 10.9. The third-order valence-electron chi connectivity index (χ3n) is 2.25. The lowest BCUT2D eigenvalue weighted by molar-refractivity contribution is -0.147. The smallest absolute Gasteiger partial charge is 0.338 e. The molecule has 4 nitrogen and oxygen atoms in total. The quantitative estimate of drug-likeness (QED) is 0.618. The molecule has 2 rings (SSSR count). The summed E-state index contributed by atoms with van der Waals surface area (Å²) in [5, 5.41) is 18.7. The van der Waals surface area contributed by atoms with E-state index in [4.69, 9.17) is 4.74 Å². The third-order valence-corrected chi connectivity index (χ3v) is 2.25. The van der Waals surface area contributed by atoms with Crippen LogP contribution in [0.4, 0.5) is 0 Å². The van der Waals surface area contributed by atoms with E-state index in [2.05, 4.69) is 0 Å². The molecule has 0 aromatic heterocycles. The number of hydrogen-bond acceptors (Lipinski definition) is 4. The van der Waals surface area contributed by atoms with Crippen LogP contribution in [0.5, 0.6) is 0 Å². The van der Waals surface area contributed by atoms with E-state index in [0.29, 0.717) is 5.56 Å². The summed E-state index contributed by atoms with van der Waals surface area (Å²) < 4.78 is 4.83. The number of cyclic esters (lactones) is 1. The number of ether oxygens (including phenoxy) is 1. The van der Waals surface area contributed by atoms with E-state index in [1.54, 1.807) is 24.3 Å². The number of hydrogen-bond donors (Lipinski definition) is 2. The van der Waals surface area contributed by atoms with Crippen LogP contribution in [0.15, 0.2) is 30.3 Å². The molecule has 0 unspecified atom stereocenters. The summed E-state index contributed by atoms with van der Waals surface area (Å²) in [6.45, 7) is 0. The number of aliphatic hydroxyl groups is 2. The zero-order valence-corrected chi connectivity index (χ0v) is 7.33. The molecular weight excluding hydrogens is 184 g/mol. The summed E-state index contributed by atoms with van der Waals surface area (Å²) in [6, 6.07) is 8.85. The summed E-state index contributed by atoms with van der Waals surface area (Å²) in [5.41, 5.74) is 0.685. The van der Waals surface area contributed by atoms with Gasteiger partial charge in [0.15, 0.2) is 12.2 Å². The van der Waals surface area contributed by atoms with Gasteiger partial charge in [-0.1, -0.05) is 30.3 Å². The Morgan fingerprint density at radius 3 is 2.29 bits per heavy atom. The van der Waals surface area contributed by atoms with Gasteiger partial charge >= 0.3 is 5.97 Å². The second-order valence-corrected chi connectivity index (χ2v) is 3.20. The monoisotopic (exact) mass is 194 g/mol. The van der Waals surface area contributed by atoms with Gasteiger partial charge in [0.05, 0.1) is 0 Å². The highest BCUT2D eigenvalue weighted by Crippen LogP contribution is 2.29. The molecule has 0 radical (unpaired) electrons. The second-order valence-electron chi connectivity index (χ2n) is 3.20. The highest BCUT2D eigenvalue weighted by Gasteiger charge is 2.43. The molecule has 3 atom stereocenters. The van der Waals surface area contributed by atoms with Crippen LogP contribution in [0.25, 0.3) is 0 Å². The number of carbonyl (C=O) groups excluding carboxylic acids is 1. The largest absolute Gasteiger partial charge is 0.453 e. The van der Waals surface area contributed by atoms with E-state index in [1.807, 2.05) is 6.07 Å². The molecule has 0 amide bonds. The Morgan fingerprint density at radius 1 is 1.14 bits per heavy atom. The van der Waals surface area contributed by atoms with Crippen LogP contribution >= 0.6 is 0 Å². The van der Waals surface area contributed by atoms with Crippen molar-refractivity contribution in [1.82, 2.24) is 0 Å². The van der Waals surface area contributed by atoms with Gasteiger partial charge in [0.2, 0.25) is 0 Å². The van der Waals surface area contributed by atoms with Crippen molar-refractivity contribution in [2.75, 3.05) is 0 Å². The molecule has 4 heteroatoms. The van der Waals surface area contributed by atoms with Gasteiger partial charge < -0.3 is 14.9 Å². The van der Waals surface area contributed by atoms with E-state index in [-0.39, 0.29) is 0 Å². The third kappa shape index (κ3) is 1.38. The molecule has 0 saturated carbocycles. The summed E-state index contributed by atoms with van der Waals surface area (Å²) in [7, 11) is 0. The fourth-order valence-corrected chi connectivity index (χ4v) is 1.48. The Bertz CT molecular complexity index is 335. The van der Waals surface area contributed by atoms with Crippen molar-refractivity contribution in [2.45, 2.75) is 18.3 Å². The molecule has 1 heterocycles. The fourth-order valence-electron chi connectivity index (χ4n) is 1.48. The lowest BCUT2D eigenvalue weighted by atomic mass is 10.0. The van der Waals surface area contributed by atoms with Gasteiger partial charge in [-0.2, -0.15) is 0 Å². The molecular formula is C10H10O4. The molecule has 14 heavy (non-hydrogen) atoms. The van der Waals surface area contributed by atoms with Crippen molar-refractivity contribution in [3.8, 4) is 0 Å². The van der Waals surface area contributed by atoms with Gasteiger partial charge in [0.25, 0.3) is 0 Å². The molecule has 1 saturated heterocycles. The zero-order chi connectivity index (χ0) is 10.1. The van der Waals surface area contributed by atoms with Crippen LogP contribution in [-0.4, -0.2) is 28.4 Å². The van der Waals surface area contributed by atoms with Gasteiger partial charge in [-0.25, -0.2) is 4.79 Å². The van der Waals surface area contributed by atoms with E-state index in [0.717, 1.165) is 0 Å². The van der Waals surface area contributed by atoms with Crippen LogP contribution in [0.2, 0.25) is 0 Å². The fraction of sp³-hybridized carbons (Fsp3) is 0.300. The van der Waals surface area contributed by atoms with Crippen molar-refractivity contribution in [3.05, 3.63) is 35.9 Å². The highest BCUT2D eigenvalue weighted by molar-refractivity contribution is 5.78. The summed E-state index contributed by atoms with van der Waals surface area (Å²) in [4.78, 5) is 10.9. The first-order valence-corrected chi connectivity index (χ1v) is 4.32. The van der Waals surface area contributed by atoms with Crippen molar-refractivity contribution < 1.29 is 19.7 Å². The highest BCUT2D eigenvalue weighted by atomic mass is 16.6. The average Bonchev–Trinajstić information content (AvgIpc) is 2.47. The van der Waals surface area contributed by atoms with E-state index in [1.165, 1.54) is 0 Å². The first-order valence-electron chi connectivity index (χ1n) is 4.32. The predicted molar refractivity (Wildman–Crippen MR) is 47.3 cm³/mol. The van der Waals surface area contributed by atoms with E-state index >= 15 is 0 Å². The van der Waals surface area contributed by atoms with Crippen molar-refractivity contribution in [2.24, 2.45) is 0 Å². The Morgan fingerprint density at radius 2 is 1.79 bits per heavy atom. The summed E-state index contributed by atoms with van der Waals surface area (Å²) in [5.74, 6) is -0.772. The SMILES string of the molecule is O=C1O[C@H](c2ccccc2)[C@@H](O)[C@H]1O. The molecule has 1 fully saturated rings. The zero-order valence-electron chi connectivity index (χ0n) is 7.33. The number of rotatable bonds is 1. The molecule has 0 bridgehead atoms. The minimum Gasteiger partial charge on any atom is -0.453 e. The Kier molecular flexibility index (Phi) is 2.23. The van der Waals surface area contributed by atoms with Crippen LogP contribution in [0.3, 0.4) is 0 Å². The molecule has 1 aliphatic heterocycles. The van der Waals surface area contributed by atoms with E-state index in [9.17, 15) is 15.0 Å². The van der Waals surface area contributed by atoms with Crippen LogP contribution in [0.1, 0.15) is 11.7 Å². The number of esters is 1. The average molecular weight is 194 g/mol. The van der Waals surface area contributed by atoms with Gasteiger partial charge in [-0.05, 0) is 5.56 Å². The Hall–Kier alpha value is -1.39. The summed E-state index contributed by atoms with van der Waals surface area (Å²) >= 11 is 0. The minimum atomic E-state index is -1.43. The Balaban J connectivity index is 2.26. The Labute approximate surface area is 80.7 Å². The lowest BCUT2D eigenvalue weighted by Crippen LogP contribution is -2.27. The number of aliphatic hydroxyl groups excluding tert-OH is 2. The lowest BCUT2D eigenvalue weighted by Gasteiger charge is -2.13.